The maximum absolute atomic E-state index is 13.8. The summed E-state index contributed by atoms with van der Waals surface area (Å²) < 4.78 is 25.5. The molecule has 6 aliphatic rings. The molecule has 9 heteroatoms. The van der Waals surface area contributed by atoms with E-state index in [1.54, 1.807) is 0 Å². The number of halogens is 2. The van der Waals surface area contributed by atoms with Crippen LogP contribution in [0.3, 0.4) is 0 Å². The van der Waals surface area contributed by atoms with Gasteiger partial charge in [-0.25, -0.2) is 4.39 Å². The van der Waals surface area contributed by atoms with Gasteiger partial charge in [0.1, 0.15) is 18.9 Å². The van der Waals surface area contributed by atoms with Crippen LogP contribution in [0.15, 0.2) is 0 Å². The molecular weight excluding hydrogens is 463 g/mol. The van der Waals surface area contributed by atoms with Gasteiger partial charge in [0.05, 0.1) is 29.2 Å². The van der Waals surface area contributed by atoms with Crippen LogP contribution >= 0.6 is 11.6 Å². The fourth-order valence-electron chi connectivity index (χ4n) is 7.04. The SMILES string of the molecule is O=C(COC1CCC(Cl)C(F)C1)NC12CCC(NC(=O)C3CC4CCCCC4O3)(CC1)C(O)C2. The average molecular weight is 501 g/mol. The fourth-order valence-corrected chi connectivity index (χ4v) is 7.27. The number of hydrogen-bond acceptors (Lipinski definition) is 5. The molecule has 1 saturated heterocycles. The lowest BCUT2D eigenvalue weighted by Gasteiger charge is -2.56. The number of carbonyl (C=O) groups is 2. The number of aliphatic hydroxyl groups excluding tert-OH is 1. The molecule has 34 heavy (non-hydrogen) atoms. The average Bonchev–Trinajstić information content (AvgIpc) is 3.26. The number of aliphatic hydroxyl groups is 1. The van der Waals surface area contributed by atoms with E-state index in [0.717, 1.165) is 19.3 Å². The Morgan fingerprint density at radius 1 is 1.06 bits per heavy atom. The summed E-state index contributed by atoms with van der Waals surface area (Å²) in [6.45, 7) is -0.120. The van der Waals surface area contributed by atoms with Crippen LogP contribution in [0.5, 0.6) is 0 Å². The Morgan fingerprint density at radius 2 is 1.82 bits per heavy atom. The van der Waals surface area contributed by atoms with Crippen LogP contribution in [0.4, 0.5) is 4.39 Å². The van der Waals surface area contributed by atoms with Gasteiger partial charge in [-0.05, 0) is 70.1 Å². The van der Waals surface area contributed by atoms with Crippen molar-refractivity contribution in [1.29, 1.82) is 0 Å². The third-order valence-electron chi connectivity index (χ3n) is 9.18. The Kier molecular flexibility index (Phi) is 7.15. The van der Waals surface area contributed by atoms with E-state index in [4.69, 9.17) is 21.1 Å². The first-order valence-electron chi connectivity index (χ1n) is 13.1. The number of nitrogens with one attached hydrogen (secondary N) is 2. The molecule has 0 radical (unpaired) electrons. The molecule has 7 nitrogen and oxygen atoms in total. The summed E-state index contributed by atoms with van der Waals surface area (Å²) in [5, 5.41) is 16.8. The number of amides is 2. The molecule has 7 unspecified atom stereocenters. The molecule has 0 aromatic rings. The molecule has 7 atom stereocenters. The highest BCUT2D eigenvalue weighted by molar-refractivity contribution is 6.21. The van der Waals surface area contributed by atoms with Crippen LogP contribution in [0.1, 0.15) is 83.5 Å². The van der Waals surface area contributed by atoms with E-state index in [9.17, 15) is 19.1 Å². The van der Waals surface area contributed by atoms with Crippen molar-refractivity contribution in [3.8, 4) is 0 Å². The van der Waals surface area contributed by atoms with Crippen LogP contribution in [-0.2, 0) is 19.1 Å². The van der Waals surface area contributed by atoms with Gasteiger partial charge in [0.2, 0.25) is 11.8 Å². The first-order chi connectivity index (χ1) is 16.3. The summed E-state index contributed by atoms with van der Waals surface area (Å²) in [5.41, 5.74) is -1.13. The van der Waals surface area contributed by atoms with E-state index in [0.29, 0.717) is 50.9 Å². The summed E-state index contributed by atoms with van der Waals surface area (Å²) in [5.74, 6) is 0.143. The lowest BCUT2D eigenvalue weighted by Crippen LogP contribution is -2.71. The van der Waals surface area contributed by atoms with Gasteiger partial charge in [0.15, 0.2) is 0 Å². The van der Waals surface area contributed by atoms with Crippen LogP contribution in [0.25, 0.3) is 0 Å². The van der Waals surface area contributed by atoms with Gasteiger partial charge in [-0.1, -0.05) is 12.8 Å². The fraction of sp³-hybridized carbons (Fsp3) is 0.920. The van der Waals surface area contributed by atoms with Crippen molar-refractivity contribution in [2.75, 3.05) is 6.61 Å². The maximum Gasteiger partial charge on any atom is 0.249 e. The molecule has 1 heterocycles. The third kappa shape index (κ3) is 4.97. The van der Waals surface area contributed by atoms with E-state index < -0.39 is 34.8 Å². The summed E-state index contributed by atoms with van der Waals surface area (Å²) >= 11 is 5.92. The van der Waals surface area contributed by atoms with Crippen molar-refractivity contribution in [3.05, 3.63) is 0 Å². The molecule has 3 N–H and O–H groups in total. The van der Waals surface area contributed by atoms with Crippen LogP contribution < -0.4 is 10.6 Å². The molecule has 192 valence electrons. The zero-order valence-electron chi connectivity index (χ0n) is 19.8. The van der Waals surface area contributed by atoms with E-state index in [1.165, 1.54) is 12.8 Å². The van der Waals surface area contributed by atoms with Crippen molar-refractivity contribution < 1.29 is 28.6 Å². The number of ether oxygens (including phenoxy) is 2. The highest BCUT2D eigenvalue weighted by atomic mass is 35.5. The largest absolute Gasteiger partial charge is 0.391 e. The molecule has 5 saturated carbocycles. The maximum atomic E-state index is 13.8. The van der Waals surface area contributed by atoms with E-state index >= 15 is 0 Å². The molecular formula is C25H38ClFN2O5. The van der Waals surface area contributed by atoms with Gasteiger partial charge in [0.25, 0.3) is 0 Å². The van der Waals surface area contributed by atoms with Gasteiger partial charge in [-0.3, -0.25) is 9.59 Å². The number of carbonyl (C=O) groups excluding carboxylic acids is 2. The second-order valence-corrected chi connectivity index (χ2v) is 12.0. The van der Waals surface area contributed by atoms with Gasteiger partial charge >= 0.3 is 0 Å². The predicted molar refractivity (Wildman–Crippen MR) is 124 cm³/mol. The minimum atomic E-state index is -1.10. The molecule has 6 rings (SSSR count). The number of hydrogen-bond donors (Lipinski definition) is 3. The van der Waals surface area contributed by atoms with Gasteiger partial charge in [-0.15, -0.1) is 11.6 Å². The summed E-state index contributed by atoms with van der Waals surface area (Å²) in [6, 6.07) is 0. The number of fused-ring (bicyclic) bond motifs is 4. The summed E-state index contributed by atoms with van der Waals surface area (Å²) in [4.78, 5) is 25.7. The number of alkyl halides is 2. The second-order valence-electron chi connectivity index (χ2n) is 11.4. The number of rotatable bonds is 6. The molecule has 5 aliphatic carbocycles. The van der Waals surface area contributed by atoms with Crippen LogP contribution in [0, 0.1) is 5.92 Å². The van der Waals surface area contributed by atoms with Gasteiger partial charge < -0.3 is 25.2 Å². The van der Waals surface area contributed by atoms with E-state index in [1.807, 2.05) is 0 Å². The highest BCUT2D eigenvalue weighted by Gasteiger charge is 2.56. The Labute approximate surface area is 205 Å². The zero-order valence-corrected chi connectivity index (χ0v) is 20.5. The third-order valence-corrected chi connectivity index (χ3v) is 9.67. The standard InChI is InChI=1S/C25H38ClFN2O5/c26-17-6-5-16(12-18(17)27)33-14-22(31)28-24-7-9-25(10-8-24,21(30)13-24)29-23(32)20-11-15-3-1-2-4-19(15)34-20/h15-21,30H,1-14H2,(H,28,31)(H,29,32). The molecule has 0 aromatic heterocycles. The Hall–Kier alpha value is -0.960. The van der Waals surface area contributed by atoms with Crippen molar-refractivity contribution in [2.45, 2.75) is 131 Å². The van der Waals surface area contributed by atoms with Crippen molar-refractivity contribution in [3.63, 3.8) is 0 Å². The summed E-state index contributed by atoms with van der Waals surface area (Å²) in [7, 11) is 0. The highest BCUT2D eigenvalue weighted by Crippen LogP contribution is 2.47. The molecule has 2 bridgehead atoms. The molecule has 1 aliphatic heterocycles. The lowest BCUT2D eigenvalue weighted by atomic mass is 9.59. The van der Waals surface area contributed by atoms with Crippen molar-refractivity contribution in [1.82, 2.24) is 10.6 Å². The molecule has 6 fully saturated rings. The van der Waals surface area contributed by atoms with Crippen molar-refractivity contribution in [2.24, 2.45) is 5.92 Å². The lowest BCUT2D eigenvalue weighted by molar-refractivity contribution is -0.144. The van der Waals surface area contributed by atoms with Gasteiger partial charge in [0, 0.05) is 12.0 Å². The minimum absolute atomic E-state index is 0.0990. The first-order valence-corrected chi connectivity index (χ1v) is 13.6. The minimum Gasteiger partial charge on any atom is -0.391 e. The zero-order chi connectivity index (χ0) is 23.9. The first kappa shape index (κ1) is 24.7. The molecule has 2 amide bonds. The summed E-state index contributed by atoms with van der Waals surface area (Å²) in [6.07, 6.45) is 7.44. The Bertz CT molecular complexity index is 762. The van der Waals surface area contributed by atoms with Crippen LogP contribution in [0.2, 0.25) is 0 Å². The smallest absolute Gasteiger partial charge is 0.249 e. The van der Waals surface area contributed by atoms with E-state index in [2.05, 4.69) is 10.6 Å². The quantitative estimate of drug-likeness (QED) is 0.487. The Balaban J connectivity index is 1.11. The topological polar surface area (TPSA) is 96.9 Å². The van der Waals surface area contributed by atoms with Crippen molar-refractivity contribution >= 4 is 23.4 Å². The normalized spacial score (nSPS) is 46.0. The molecule has 0 aromatic carbocycles. The van der Waals surface area contributed by atoms with E-state index in [-0.39, 0.29) is 37.0 Å². The molecule has 0 spiro atoms. The Morgan fingerprint density at radius 3 is 2.53 bits per heavy atom. The second kappa shape index (κ2) is 9.83. The van der Waals surface area contributed by atoms with Crippen LogP contribution in [-0.4, -0.2) is 70.6 Å². The predicted octanol–water partition coefficient (Wildman–Crippen LogP) is 2.90. The van der Waals surface area contributed by atoms with Gasteiger partial charge in [-0.2, -0.15) is 0 Å². The monoisotopic (exact) mass is 500 g/mol.